The van der Waals surface area contributed by atoms with E-state index in [-0.39, 0.29) is 27.9 Å². The van der Waals surface area contributed by atoms with Crippen molar-refractivity contribution in [3.05, 3.63) is 104 Å². The molecule has 4 aromatic rings. The highest BCUT2D eigenvalue weighted by atomic mass is 35.5. The molecule has 0 saturated heterocycles. The van der Waals surface area contributed by atoms with Gasteiger partial charge in [-0.25, -0.2) is 9.78 Å². The maximum absolute atomic E-state index is 12.7. The van der Waals surface area contributed by atoms with E-state index < -0.39 is 11.2 Å². The third-order valence-corrected chi connectivity index (χ3v) is 6.79. The van der Waals surface area contributed by atoms with Gasteiger partial charge in [-0.15, -0.1) is 11.8 Å². The Morgan fingerprint density at radius 2 is 1.70 bits per heavy atom. The van der Waals surface area contributed by atoms with E-state index in [4.69, 9.17) is 11.6 Å². The number of hydrogen-bond acceptors (Lipinski definition) is 5. The number of fused-ring (bicyclic) bond motifs is 1. The van der Waals surface area contributed by atoms with Gasteiger partial charge in [-0.1, -0.05) is 54.1 Å². The summed E-state index contributed by atoms with van der Waals surface area (Å²) in [4.78, 5) is 41.5. The Kier molecular flexibility index (Phi) is 6.67. The van der Waals surface area contributed by atoms with Gasteiger partial charge in [0.05, 0.1) is 28.3 Å². The summed E-state index contributed by atoms with van der Waals surface area (Å²) in [5.74, 6) is -0.0383. The summed E-state index contributed by atoms with van der Waals surface area (Å²) in [5.41, 5.74) is 1.86. The van der Waals surface area contributed by atoms with E-state index in [1.54, 1.807) is 13.1 Å². The third-order valence-electron chi connectivity index (χ3n) is 5.23. The van der Waals surface area contributed by atoms with Crippen molar-refractivity contribution in [2.24, 2.45) is 14.1 Å². The molecule has 7 nitrogen and oxygen atoms in total. The predicted molar refractivity (Wildman–Crippen MR) is 133 cm³/mol. The average molecular weight is 481 g/mol. The molecule has 2 aromatic heterocycles. The highest BCUT2D eigenvalue weighted by molar-refractivity contribution is 8.00. The van der Waals surface area contributed by atoms with Crippen molar-refractivity contribution in [3.8, 4) is 0 Å². The molecule has 0 aliphatic rings. The monoisotopic (exact) mass is 480 g/mol. The first-order valence-corrected chi connectivity index (χ1v) is 11.6. The third kappa shape index (κ3) is 4.86. The average Bonchev–Trinajstić information content (AvgIpc) is 2.83. The number of nitrogens with one attached hydrogen (secondary N) is 1. The lowest BCUT2D eigenvalue weighted by Gasteiger charge is -2.18. The summed E-state index contributed by atoms with van der Waals surface area (Å²) in [6, 6.07) is 19.1. The van der Waals surface area contributed by atoms with E-state index >= 15 is 0 Å². The number of rotatable bonds is 6. The van der Waals surface area contributed by atoms with Crippen LogP contribution in [-0.4, -0.2) is 25.8 Å². The van der Waals surface area contributed by atoms with Crippen LogP contribution in [0.1, 0.15) is 16.4 Å². The molecule has 1 N–H and O–H groups in total. The van der Waals surface area contributed by atoms with Gasteiger partial charge in [-0.3, -0.25) is 18.7 Å². The van der Waals surface area contributed by atoms with E-state index in [1.165, 1.54) is 29.6 Å². The van der Waals surface area contributed by atoms with Gasteiger partial charge in [0.25, 0.3) is 5.56 Å². The van der Waals surface area contributed by atoms with Gasteiger partial charge < -0.3 is 5.32 Å². The Morgan fingerprint density at radius 3 is 2.39 bits per heavy atom. The van der Waals surface area contributed by atoms with Crippen LogP contribution in [0.15, 0.2) is 76.4 Å². The lowest BCUT2D eigenvalue weighted by atomic mass is 10.0. The number of amides is 1. The number of pyridine rings is 1. The van der Waals surface area contributed by atoms with E-state index in [9.17, 15) is 14.4 Å². The van der Waals surface area contributed by atoms with Crippen LogP contribution >= 0.6 is 23.4 Å². The normalized spacial score (nSPS) is 12.0. The van der Waals surface area contributed by atoms with Crippen LogP contribution in [0.2, 0.25) is 5.02 Å². The van der Waals surface area contributed by atoms with Crippen molar-refractivity contribution < 1.29 is 4.79 Å². The first-order chi connectivity index (χ1) is 15.8. The molecule has 2 aromatic carbocycles. The Hall–Kier alpha value is -3.36. The van der Waals surface area contributed by atoms with Crippen molar-refractivity contribution in [3.63, 3.8) is 0 Å². The molecule has 2 heterocycles. The summed E-state index contributed by atoms with van der Waals surface area (Å²) in [6.45, 7) is 0. The van der Waals surface area contributed by atoms with Crippen LogP contribution < -0.4 is 16.6 Å². The maximum atomic E-state index is 12.7. The summed E-state index contributed by atoms with van der Waals surface area (Å²) in [6.07, 6.45) is 1.44. The number of carbonyl (C=O) groups is 1. The van der Waals surface area contributed by atoms with Crippen LogP contribution in [0, 0.1) is 0 Å². The SMILES string of the molecule is Cn1c(=O)c2cc(NC(=O)CSC(c3ccccc3)c3ccc(Cl)cc3)cnc2n(C)c1=O. The second-order valence-electron chi connectivity index (χ2n) is 7.50. The second kappa shape index (κ2) is 9.64. The molecule has 1 unspecified atom stereocenters. The molecule has 0 bridgehead atoms. The molecule has 0 aliphatic heterocycles. The largest absolute Gasteiger partial charge is 0.332 e. The molecule has 0 aliphatic carbocycles. The smallest absolute Gasteiger partial charge is 0.324 e. The Balaban J connectivity index is 1.54. The minimum Gasteiger partial charge on any atom is -0.324 e. The number of anilines is 1. The van der Waals surface area contributed by atoms with Crippen molar-refractivity contribution in [2.75, 3.05) is 11.1 Å². The van der Waals surface area contributed by atoms with Crippen LogP contribution in [0.5, 0.6) is 0 Å². The quantitative estimate of drug-likeness (QED) is 0.454. The fourth-order valence-corrected chi connectivity index (χ4v) is 4.76. The van der Waals surface area contributed by atoms with E-state index in [0.717, 1.165) is 15.7 Å². The molecule has 0 saturated carbocycles. The minimum absolute atomic E-state index is 0.0502. The zero-order valence-electron chi connectivity index (χ0n) is 18.0. The summed E-state index contributed by atoms with van der Waals surface area (Å²) < 4.78 is 2.32. The molecule has 0 spiro atoms. The number of thioether (sulfide) groups is 1. The van der Waals surface area contributed by atoms with Crippen LogP contribution in [0.3, 0.4) is 0 Å². The van der Waals surface area contributed by atoms with Crippen LogP contribution in [-0.2, 0) is 18.9 Å². The number of halogens is 1. The second-order valence-corrected chi connectivity index (χ2v) is 9.03. The molecule has 0 fully saturated rings. The van der Waals surface area contributed by atoms with Crippen molar-refractivity contribution >= 4 is 46.0 Å². The predicted octanol–water partition coefficient (Wildman–Crippen LogP) is 3.75. The van der Waals surface area contributed by atoms with Gasteiger partial charge in [-0.2, -0.15) is 0 Å². The number of benzene rings is 2. The first kappa shape index (κ1) is 22.8. The van der Waals surface area contributed by atoms with Crippen molar-refractivity contribution in [1.29, 1.82) is 0 Å². The Morgan fingerprint density at radius 1 is 1.03 bits per heavy atom. The van der Waals surface area contributed by atoms with Gasteiger partial charge >= 0.3 is 5.69 Å². The lowest BCUT2D eigenvalue weighted by molar-refractivity contribution is -0.113. The molecule has 0 radical (unpaired) electrons. The maximum Gasteiger partial charge on any atom is 0.332 e. The molecule has 33 heavy (non-hydrogen) atoms. The van der Waals surface area contributed by atoms with Gasteiger partial charge in [-0.05, 0) is 29.3 Å². The number of aromatic nitrogens is 3. The molecular weight excluding hydrogens is 460 g/mol. The van der Waals surface area contributed by atoms with Gasteiger partial charge in [0.15, 0.2) is 0 Å². The van der Waals surface area contributed by atoms with Gasteiger partial charge in [0, 0.05) is 19.1 Å². The standard InChI is InChI=1S/C24H21ClN4O3S/c1-28-22-19(23(31)29(2)24(28)32)12-18(13-26-22)27-20(30)14-33-21(15-6-4-3-5-7-15)16-8-10-17(25)11-9-16/h3-13,21H,14H2,1-2H3,(H,27,30). The molecular formula is C24H21ClN4O3S. The van der Waals surface area contributed by atoms with Crippen molar-refractivity contribution in [1.82, 2.24) is 14.1 Å². The number of aryl methyl sites for hydroxylation is 1. The molecule has 1 atom stereocenters. The number of hydrogen-bond donors (Lipinski definition) is 1. The van der Waals surface area contributed by atoms with Crippen LogP contribution in [0.25, 0.3) is 11.0 Å². The molecule has 9 heteroatoms. The topological polar surface area (TPSA) is 86.0 Å². The van der Waals surface area contributed by atoms with E-state index in [2.05, 4.69) is 10.3 Å². The minimum atomic E-state index is -0.460. The fraction of sp³-hybridized carbons (Fsp3) is 0.167. The van der Waals surface area contributed by atoms with Gasteiger partial charge in [0.1, 0.15) is 5.65 Å². The Labute approximate surface area is 199 Å². The van der Waals surface area contributed by atoms with Crippen LogP contribution in [0.4, 0.5) is 5.69 Å². The van der Waals surface area contributed by atoms with E-state index in [1.807, 2.05) is 54.6 Å². The highest BCUT2D eigenvalue weighted by Crippen LogP contribution is 2.36. The van der Waals surface area contributed by atoms with E-state index in [0.29, 0.717) is 10.7 Å². The molecule has 168 valence electrons. The summed E-state index contributed by atoms with van der Waals surface area (Å²) in [7, 11) is 2.96. The molecule has 4 rings (SSSR count). The first-order valence-electron chi connectivity index (χ1n) is 10.1. The lowest BCUT2D eigenvalue weighted by Crippen LogP contribution is -2.37. The Bertz CT molecular complexity index is 1430. The van der Waals surface area contributed by atoms with Crippen molar-refractivity contribution in [2.45, 2.75) is 5.25 Å². The highest BCUT2D eigenvalue weighted by Gasteiger charge is 2.17. The summed E-state index contributed by atoms with van der Waals surface area (Å²) in [5, 5.41) is 3.66. The zero-order chi connectivity index (χ0) is 23.5. The fourth-order valence-electron chi connectivity index (χ4n) is 3.54. The van der Waals surface area contributed by atoms with Gasteiger partial charge in [0.2, 0.25) is 5.91 Å². The summed E-state index contributed by atoms with van der Waals surface area (Å²) >= 11 is 7.53. The number of carbonyl (C=O) groups excluding carboxylic acids is 1. The number of nitrogens with zero attached hydrogens (tertiary/aromatic N) is 3. The molecule has 1 amide bonds. The zero-order valence-corrected chi connectivity index (χ0v) is 19.6.